The van der Waals surface area contributed by atoms with Crippen LogP contribution in [-0.2, 0) is 6.54 Å². The van der Waals surface area contributed by atoms with E-state index in [1.807, 2.05) is 18.2 Å². The van der Waals surface area contributed by atoms with Crippen molar-refractivity contribution in [2.75, 3.05) is 33.9 Å². The zero-order valence-electron chi connectivity index (χ0n) is 15.5. The van der Waals surface area contributed by atoms with Crippen LogP contribution in [0.15, 0.2) is 42.5 Å². The zero-order chi connectivity index (χ0) is 18.4. The van der Waals surface area contributed by atoms with E-state index in [0.717, 1.165) is 30.9 Å². The highest BCUT2D eigenvalue weighted by atomic mass is 19.1. The highest BCUT2D eigenvalue weighted by Gasteiger charge is 2.23. The standard InChI is InChI=1S/C21H27FN2O2/c1-25-18-7-5-6-17(13-18)20(24-10-3-4-11-24)15-23-14-16-8-9-21(26-2)19(22)12-16/h5-9,12-13,20,23H,3-4,10-11,14-15H2,1-2H3/t20-/m1/s1. The Balaban J connectivity index is 1.67. The molecule has 0 radical (unpaired) electrons. The molecule has 2 aromatic carbocycles. The molecule has 1 atom stereocenters. The first kappa shape index (κ1) is 18.7. The van der Waals surface area contributed by atoms with Crippen LogP contribution in [-0.4, -0.2) is 38.8 Å². The van der Waals surface area contributed by atoms with Gasteiger partial charge in [0.2, 0.25) is 0 Å². The average Bonchev–Trinajstić information content (AvgIpc) is 3.20. The third kappa shape index (κ3) is 4.54. The Hall–Kier alpha value is -2.11. The van der Waals surface area contributed by atoms with Gasteiger partial charge in [0.15, 0.2) is 11.6 Å². The minimum absolute atomic E-state index is 0.278. The molecule has 1 aliphatic heterocycles. The molecule has 3 rings (SSSR count). The lowest BCUT2D eigenvalue weighted by Crippen LogP contribution is -2.34. The number of nitrogens with zero attached hydrogens (tertiary/aromatic N) is 1. The maximum Gasteiger partial charge on any atom is 0.165 e. The molecule has 0 saturated carbocycles. The Morgan fingerprint density at radius 1 is 1.08 bits per heavy atom. The van der Waals surface area contributed by atoms with Gasteiger partial charge in [-0.15, -0.1) is 0 Å². The lowest BCUT2D eigenvalue weighted by molar-refractivity contribution is 0.238. The van der Waals surface area contributed by atoms with E-state index < -0.39 is 0 Å². The SMILES string of the molecule is COc1cccc([C@@H](CNCc2ccc(OC)c(F)c2)N2CCCC2)c1. The molecule has 0 unspecified atom stereocenters. The maximum atomic E-state index is 13.9. The molecule has 1 heterocycles. The second kappa shape index (κ2) is 9.01. The van der Waals surface area contributed by atoms with Gasteiger partial charge in [0.1, 0.15) is 5.75 Å². The molecule has 26 heavy (non-hydrogen) atoms. The molecule has 0 aromatic heterocycles. The third-order valence-corrected chi connectivity index (χ3v) is 4.94. The van der Waals surface area contributed by atoms with Crippen molar-refractivity contribution in [3.05, 3.63) is 59.4 Å². The molecule has 140 valence electrons. The van der Waals surface area contributed by atoms with Gasteiger partial charge in [-0.1, -0.05) is 18.2 Å². The van der Waals surface area contributed by atoms with Gasteiger partial charge in [0, 0.05) is 19.1 Å². The normalized spacial score (nSPS) is 15.8. The molecule has 0 aliphatic carbocycles. The van der Waals surface area contributed by atoms with E-state index in [1.54, 1.807) is 13.2 Å². The lowest BCUT2D eigenvalue weighted by Gasteiger charge is -2.28. The first-order valence-electron chi connectivity index (χ1n) is 9.12. The van der Waals surface area contributed by atoms with Crippen LogP contribution in [0.4, 0.5) is 4.39 Å². The van der Waals surface area contributed by atoms with E-state index in [2.05, 4.69) is 22.3 Å². The van der Waals surface area contributed by atoms with Crippen LogP contribution in [0.5, 0.6) is 11.5 Å². The fourth-order valence-corrected chi connectivity index (χ4v) is 3.53. The van der Waals surface area contributed by atoms with Gasteiger partial charge >= 0.3 is 0 Å². The summed E-state index contributed by atoms with van der Waals surface area (Å²) >= 11 is 0. The largest absolute Gasteiger partial charge is 0.497 e. The molecule has 1 N–H and O–H groups in total. The molecule has 0 bridgehead atoms. The van der Waals surface area contributed by atoms with Crippen molar-refractivity contribution >= 4 is 0 Å². The average molecular weight is 358 g/mol. The van der Waals surface area contributed by atoms with Gasteiger partial charge in [0.25, 0.3) is 0 Å². The first-order chi connectivity index (χ1) is 12.7. The monoisotopic (exact) mass is 358 g/mol. The van der Waals surface area contributed by atoms with Gasteiger partial charge in [-0.3, -0.25) is 4.90 Å². The molecule has 2 aromatic rings. The summed E-state index contributed by atoms with van der Waals surface area (Å²) in [6.45, 7) is 3.65. The number of hydrogen-bond acceptors (Lipinski definition) is 4. The topological polar surface area (TPSA) is 33.7 Å². The van der Waals surface area contributed by atoms with Crippen LogP contribution < -0.4 is 14.8 Å². The van der Waals surface area contributed by atoms with E-state index in [-0.39, 0.29) is 17.6 Å². The van der Waals surface area contributed by atoms with Crippen molar-refractivity contribution in [1.82, 2.24) is 10.2 Å². The van der Waals surface area contributed by atoms with Crippen molar-refractivity contribution in [2.24, 2.45) is 0 Å². The Labute approximate surface area is 154 Å². The summed E-state index contributed by atoms with van der Waals surface area (Å²) in [7, 11) is 3.17. The number of ether oxygens (including phenoxy) is 2. The van der Waals surface area contributed by atoms with Crippen LogP contribution in [0.3, 0.4) is 0 Å². The van der Waals surface area contributed by atoms with Crippen LogP contribution in [0.25, 0.3) is 0 Å². The number of rotatable bonds is 8. The quantitative estimate of drug-likeness (QED) is 0.779. The number of benzene rings is 2. The fourth-order valence-electron chi connectivity index (χ4n) is 3.53. The smallest absolute Gasteiger partial charge is 0.165 e. The van der Waals surface area contributed by atoms with Crippen LogP contribution in [0, 0.1) is 5.82 Å². The summed E-state index contributed by atoms with van der Waals surface area (Å²) < 4.78 is 24.2. The number of nitrogens with one attached hydrogen (secondary N) is 1. The lowest BCUT2D eigenvalue weighted by atomic mass is 10.0. The summed E-state index contributed by atoms with van der Waals surface area (Å²) in [5.41, 5.74) is 2.16. The van der Waals surface area contributed by atoms with Crippen molar-refractivity contribution in [2.45, 2.75) is 25.4 Å². The van der Waals surface area contributed by atoms with E-state index in [1.165, 1.54) is 31.6 Å². The molecule has 0 amide bonds. The van der Waals surface area contributed by atoms with Crippen molar-refractivity contribution in [1.29, 1.82) is 0 Å². The highest BCUT2D eigenvalue weighted by Crippen LogP contribution is 2.27. The fraction of sp³-hybridized carbons (Fsp3) is 0.429. The zero-order valence-corrected chi connectivity index (χ0v) is 15.5. The van der Waals surface area contributed by atoms with Crippen LogP contribution in [0.1, 0.15) is 30.0 Å². The van der Waals surface area contributed by atoms with Crippen LogP contribution >= 0.6 is 0 Å². The number of methoxy groups -OCH3 is 2. The number of hydrogen-bond donors (Lipinski definition) is 1. The predicted molar refractivity (Wildman–Crippen MR) is 101 cm³/mol. The molecule has 1 fully saturated rings. The Kier molecular flexibility index (Phi) is 6.47. The van der Waals surface area contributed by atoms with E-state index >= 15 is 0 Å². The van der Waals surface area contributed by atoms with Crippen molar-refractivity contribution < 1.29 is 13.9 Å². The molecule has 1 aliphatic rings. The van der Waals surface area contributed by atoms with Gasteiger partial charge in [-0.25, -0.2) is 4.39 Å². The van der Waals surface area contributed by atoms with Gasteiger partial charge in [-0.05, 0) is 61.3 Å². The Morgan fingerprint density at radius 2 is 1.88 bits per heavy atom. The minimum Gasteiger partial charge on any atom is -0.497 e. The molecule has 0 spiro atoms. The second-order valence-electron chi connectivity index (χ2n) is 6.64. The molecule has 1 saturated heterocycles. The third-order valence-electron chi connectivity index (χ3n) is 4.94. The van der Waals surface area contributed by atoms with Gasteiger partial charge < -0.3 is 14.8 Å². The first-order valence-corrected chi connectivity index (χ1v) is 9.12. The predicted octanol–water partition coefficient (Wildman–Crippen LogP) is 3.77. The minimum atomic E-state index is -0.323. The van der Waals surface area contributed by atoms with Gasteiger partial charge in [0.05, 0.1) is 14.2 Å². The number of likely N-dealkylation sites (tertiary alicyclic amines) is 1. The van der Waals surface area contributed by atoms with E-state index in [0.29, 0.717) is 6.54 Å². The maximum absolute atomic E-state index is 13.9. The molecular formula is C21H27FN2O2. The summed E-state index contributed by atoms with van der Waals surface area (Å²) in [4.78, 5) is 2.51. The highest BCUT2D eigenvalue weighted by molar-refractivity contribution is 5.31. The Morgan fingerprint density at radius 3 is 2.58 bits per heavy atom. The summed E-state index contributed by atoms with van der Waals surface area (Å²) in [5, 5.41) is 3.49. The summed E-state index contributed by atoms with van der Waals surface area (Å²) in [5.74, 6) is 0.833. The van der Waals surface area contributed by atoms with Crippen molar-refractivity contribution in [3.8, 4) is 11.5 Å². The van der Waals surface area contributed by atoms with Gasteiger partial charge in [-0.2, -0.15) is 0 Å². The molecule has 5 heteroatoms. The van der Waals surface area contributed by atoms with Crippen molar-refractivity contribution in [3.63, 3.8) is 0 Å². The molecular weight excluding hydrogens is 331 g/mol. The second-order valence-corrected chi connectivity index (χ2v) is 6.64. The van der Waals surface area contributed by atoms with E-state index in [4.69, 9.17) is 9.47 Å². The Bertz CT molecular complexity index is 717. The summed E-state index contributed by atoms with van der Waals surface area (Å²) in [6, 6.07) is 13.7. The van der Waals surface area contributed by atoms with Crippen LogP contribution in [0.2, 0.25) is 0 Å². The summed E-state index contributed by atoms with van der Waals surface area (Å²) in [6.07, 6.45) is 2.48. The number of halogens is 1. The molecule has 4 nitrogen and oxygen atoms in total. The van der Waals surface area contributed by atoms with E-state index in [9.17, 15) is 4.39 Å².